The minimum Gasteiger partial charge on any atom is -0.339 e. The summed E-state index contributed by atoms with van der Waals surface area (Å²) in [4.78, 5) is 12.1. The first-order valence-electron chi connectivity index (χ1n) is 3.60. The van der Waals surface area contributed by atoms with Gasteiger partial charge in [0.1, 0.15) is 0 Å². The van der Waals surface area contributed by atoms with Crippen LogP contribution >= 0.6 is 0 Å². The molecule has 1 aliphatic rings. The van der Waals surface area contributed by atoms with Gasteiger partial charge in [-0.05, 0) is 12.0 Å². The van der Waals surface area contributed by atoms with Gasteiger partial charge in [-0.2, -0.15) is 5.10 Å². The van der Waals surface area contributed by atoms with E-state index < -0.39 is 0 Å². The molecule has 1 amide bonds. The molecule has 0 radical (unpaired) electrons. The smallest absolute Gasteiger partial charge is 0.210 e. The van der Waals surface area contributed by atoms with E-state index in [4.69, 9.17) is 0 Å². The lowest BCUT2D eigenvalue weighted by atomic mass is 10.1. The Labute approximate surface area is 64.2 Å². The van der Waals surface area contributed by atoms with Crippen LogP contribution in [0.2, 0.25) is 0 Å². The van der Waals surface area contributed by atoms with Crippen molar-refractivity contribution in [1.29, 1.82) is 0 Å². The molecule has 0 unspecified atom stereocenters. The summed E-state index contributed by atoms with van der Waals surface area (Å²) in [7, 11) is 0. The number of aromatic amines is 1. The van der Waals surface area contributed by atoms with Crippen molar-refractivity contribution in [3.8, 4) is 0 Å². The number of fused-ring (bicyclic) bond motifs is 1. The zero-order valence-corrected chi connectivity index (χ0v) is 6.08. The van der Waals surface area contributed by atoms with Gasteiger partial charge in [0.2, 0.25) is 6.41 Å². The number of carbonyl (C=O) groups excluding carboxylic acids is 1. The molecule has 0 aliphatic carbocycles. The average Bonchev–Trinajstić information content (AvgIpc) is 2.50. The summed E-state index contributed by atoms with van der Waals surface area (Å²) >= 11 is 0. The lowest BCUT2D eigenvalue weighted by Crippen LogP contribution is -2.28. The van der Waals surface area contributed by atoms with E-state index in [1.807, 2.05) is 6.20 Å². The van der Waals surface area contributed by atoms with Crippen LogP contribution in [0, 0.1) is 0 Å². The number of carbonyl (C=O) groups is 1. The average molecular weight is 151 g/mol. The molecule has 1 aliphatic heterocycles. The summed E-state index contributed by atoms with van der Waals surface area (Å²) in [5.74, 6) is 0. The quantitative estimate of drug-likeness (QED) is 0.571. The van der Waals surface area contributed by atoms with Gasteiger partial charge < -0.3 is 4.90 Å². The van der Waals surface area contributed by atoms with Gasteiger partial charge >= 0.3 is 0 Å². The highest BCUT2D eigenvalue weighted by molar-refractivity contribution is 5.48. The van der Waals surface area contributed by atoms with Crippen molar-refractivity contribution in [3.05, 3.63) is 17.5 Å². The Morgan fingerprint density at radius 3 is 3.45 bits per heavy atom. The van der Waals surface area contributed by atoms with Gasteiger partial charge in [0.05, 0.1) is 18.4 Å². The van der Waals surface area contributed by atoms with E-state index in [0.717, 1.165) is 25.1 Å². The normalized spacial score (nSPS) is 16.2. The molecule has 0 saturated carbocycles. The fraction of sp³-hybridized carbons (Fsp3) is 0.429. The predicted molar refractivity (Wildman–Crippen MR) is 38.8 cm³/mol. The topological polar surface area (TPSA) is 49.0 Å². The zero-order chi connectivity index (χ0) is 7.68. The van der Waals surface area contributed by atoms with Crippen LogP contribution in [0.15, 0.2) is 6.20 Å². The van der Waals surface area contributed by atoms with E-state index >= 15 is 0 Å². The molecule has 1 aromatic heterocycles. The van der Waals surface area contributed by atoms with Crippen LogP contribution in [0.25, 0.3) is 0 Å². The molecular weight excluding hydrogens is 142 g/mol. The molecular formula is C7H9N3O. The lowest BCUT2D eigenvalue weighted by Gasteiger charge is -2.21. The molecule has 2 rings (SSSR count). The van der Waals surface area contributed by atoms with Gasteiger partial charge in [-0.25, -0.2) is 0 Å². The van der Waals surface area contributed by atoms with Crippen molar-refractivity contribution in [2.75, 3.05) is 6.54 Å². The third-order valence-electron chi connectivity index (χ3n) is 1.99. The number of H-pyrrole nitrogens is 1. The van der Waals surface area contributed by atoms with E-state index in [9.17, 15) is 4.79 Å². The van der Waals surface area contributed by atoms with Crippen molar-refractivity contribution in [2.45, 2.75) is 13.0 Å². The fourth-order valence-corrected chi connectivity index (χ4v) is 1.33. The van der Waals surface area contributed by atoms with E-state index in [1.54, 1.807) is 4.90 Å². The molecule has 0 spiro atoms. The highest BCUT2D eigenvalue weighted by atomic mass is 16.1. The van der Waals surface area contributed by atoms with Crippen LogP contribution in [0.1, 0.15) is 11.3 Å². The van der Waals surface area contributed by atoms with Gasteiger partial charge in [-0.1, -0.05) is 0 Å². The monoisotopic (exact) mass is 151 g/mol. The van der Waals surface area contributed by atoms with Gasteiger partial charge in [-0.15, -0.1) is 0 Å². The molecule has 11 heavy (non-hydrogen) atoms. The summed E-state index contributed by atoms with van der Waals surface area (Å²) in [5.41, 5.74) is 2.31. The van der Waals surface area contributed by atoms with E-state index in [1.165, 1.54) is 5.56 Å². The molecule has 0 aromatic carbocycles. The number of aromatic nitrogens is 2. The third kappa shape index (κ3) is 1.00. The molecule has 2 heterocycles. The SMILES string of the molecule is O=CN1CCc2cn[nH]c2C1. The second-order valence-corrected chi connectivity index (χ2v) is 2.70. The lowest BCUT2D eigenvalue weighted by molar-refractivity contribution is -0.118. The molecule has 0 fully saturated rings. The van der Waals surface area contributed by atoms with Crippen LogP contribution in [0.3, 0.4) is 0 Å². The number of amides is 1. The molecule has 58 valence electrons. The minimum absolute atomic E-state index is 0.679. The Hall–Kier alpha value is -1.32. The Bertz CT molecular complexity index is 268. The molecule has 0 saturated heterocycles. The van der Waals surface area contributed by atoms with Crippen LogP contribution in [-0.2, 0) is 17.8 Å². The van der Waals surface area contributed by atoms with Crippen molar-refractivity contribution < 1.29 is 4.79 Å². The molecule has 0 atom stereocenters. The number of hydrogen-bond donors (Lipinski definition) is 1. The summed E-state index contributed by atoms with van der Waals surface area (Å²) in [6.45, 7) is 1.49. The summed E-state index contributed by atoms with van der Waals surface area (Å²) < 4.78 is 0. The first-order chi connectivity index (χ1) is 5.40. The van der Waals surface area contributed by atoms with Crippen LogP contribution in [0.5, 0.6) is 0 Å². The van der Waals surface area contributed by atoms with Gasteiger partial charge in [0, 0.05) is 6.54 Å². The maximum Gasteiger partial charge on any atom is 0.210 e. The van der Waals surface area contributed by atoms with Crippen LogP contribution in [-0.4, -0.2) is 28.1 Å². The van der Waals surface area contributed by atoms with Crippen molar-refractivity contribution >= 4 is 6.41 Å². The Kier molecular flexibility index (Phi) is 1.38. The first kappa shape index (κ1) is 6.39. The van der Waals surface area contributed by atoms with Crippen LogP contribution < -0.4 is 0 Å². The zero-order valence-electron chi connectivity index (χ0n) is 6.08. The highest BCUT2D eigenvalue weighted by Crippen LogP contribution is 2.13. The van der Waals surface area contributed by atoms with Crippen LogP contribution in [0.4, 0.5) is 0 Å². The highest BCUT2D eigenvalue weighted by Gasteiger charge is 2.15. The fourth-order valence-electron chi connectivity index (χ4n) is 1.33. The predicted octanol–water partition coefficient (Wildman–Crippen LogP) is -0.0758. The molecule has 1 N–H and O–H groups in total. The number of hydrogen-bond acceptors (Lipinski definition) is 2. The van der Waals surface area contributed by atoms with Gasteiger partial charge in [0.15, 0.2) is 0 Å². The van der Waals surface area contributed by atoms with Gasteiger partial charge in [0.25, 0.3) is 0 Å². The van der Waals surface area contributed by atoms with E-state index in [2.05, 4.69) is 10.2 Å². The van der Waals surface area contributed by atoms with Crippen molar-refractivity contribution in [1.82, 2.24) is 15.1 Å². The maximum atomic E-state index is 10.4. The second-order valence-electron chi connectivity index (χ2n) is 2.70. The summed E-state index contributed by atoms with van der Waals surface area (Å²) in [6, 6.07) is 0. The Morgan fingerprint density at radius 2 is 2.64 bits per heavy atom. The maximum absolute atomic E-state index is 10.4. The largest absolute Gasteiger partial charge is 0.339 e. The standard InChI is InChI=1S/C7H9N3O/c11-5-10-2-1-6-3-8-9-7(6)4-10/h3,5H,1-2,4H2,(H,8,9). The molecule has 4 nitrogen and oxygen atoms in total. The van der Waals surface area contributed by atoms with Crippen molar-refractivity contribution in [3.63, 3.8) is 0 Å². The minimum atomic E-state index is 0.679. The molecule has 4 heteroatoms. The van der Waals surface area contributed by atoms with Gasteiger partial charge in [-0.3, -0.25) is 9.89 Å². The Morgan fingerprint density at radius 1 is 1.73 bits per heavy atom. The third-order valence-corrected chi connectivity index (χ3v) is 1.99. The van der Waals surface area contributed by atoms with E-state index in [-0.39, 0.29) is 0 Å². The number of rotatable bonds is 1. The van der Waals surface area contributed by atoms with E-state index in [0.29, 0.717) is 6.54 Å². The second kappa shape index (κ2) is 2.38. The molecule has 1 aromatic rings. The number of nitrogens with one attached hydrogen (secondary N) is 1. The first-order valence-corrected chi connectivity index (χ1v) is 3.60. The molecule has 0 bridgehead atoms. The Balaban J connectivity index is 2.24. The summed E-state index contributed by atoms with van der Waals surface area (Å²) in [6.07, 6.45) is 3.63. The summed E-state index contributed by atoms with van der Waals surface area (Å²) in [5, 5.41) is 6.78. The number of nitrogens with zero attached hydrogens (tertiary/aromatic N) is 2. The van der Waals surface area contributed by atoms with Crippen molar-refractivity contribution in [2.24, 2.45) is 0 Å².